The molecule has 1 aliphatic carbocycles. The van der Waals surface area contributed by atoms with Crippen molar-refractivity contribution in [2.75, 3.05) is 6.54 Å². The van der Waals surface area contributed by atoms with Crippen LogP contribution in [-0.2, 0) is 10.0 Å². The number of nitrogens with one attached hydrogen (secondary N) is 1. The van der Waals surface area contributed by atoms with Crippen molar-refractivity contribution < 1.29 is 8.42 Å². The summed E-state index contributed by atoms with van der Waals surface area (Å²) < 4.78 is 29.8. The van der Waals surface area contributed by atoms with Gasteiger partial charge in [-0.05, 0) is 68.0 Å². The van der Waals surface area contributed by atoms with Gasteiger partial charge in [0.2, 0.25) is 10.0 Å². The van der Waals surface area contributed by atoms with E-state index in [1.54, 1.807) is 12.3 Å². The van der Waals surface area contributed by atoms with Gasteiger partial charge in [0.1, 0.15) is 0 Å². The highest BCUT2D eigenvalue weighted by Crippen LogP contribution is 2.30. The first kappa shape index (κ1) is 22.3. The second kappa shape index (κ2) is 9.37. The van der Waals surface area contributed by atoms with Crippen LogP contribution in [0.1, 0.15) is 31.2 Å². The van der Waals surface area contributed by atoms with E-state index in [9.17, 15) is 13.7 Å². The third-order valence-corrected chi connectivity index (χ3v) is 7.99. The summed E-state index contributed by atoms with van der Waals surface area (Å²) in [6.07, 6.45) is 12.9. The van der Waals surface area contributed by atoms with E-state index in [1.165, 1.54) is 6.07 Å². The molecule has 1 saturated carbocycles. The molecule has 0 radical (unpaired) electrons. The van der Waals surface area contributed by atoms with Crippen molar-refractivity contribution in [1.29, 1.82) is 5.26 Å². The summed E-state index contributed by atoms with van der Waals surface area (Å²) in [7, 11) is -3.83. The van der Waals surface area contributed by atoms with E-state index in [4.69, 9.17) is 0 Å². The predicted molar refractivity (Wildman–Crippen MR) is 134 cm³/mol. The van der Waals surface area contributed by atoms with Gasteiger partial charge in [0.15, 0.2) is 0 Å². The van der Waals surface area contributed by atoms with Crippen molar-refractivity contribution in [1.82, 2.24) is 14.6 Å². The summed E-state index contributed by atoms with van der Waals surface area (Å²) in [5, 5.41) is 10.9. The summed E-state index contributed by atoms with van der Waals surface area (Å²) in [4.78, 5) is 11.0. The highest BCUT2D eigenvalue weighted by Gasteiger charge is 2.28. The number of nitrogens with zero attached hydrogens (tertiary/aromatic N) is 4. The number of aromatic nitrogens is 1. The maximum absolute atomic E-state index is 13.5. The Hall–Kier alpha value is -3.54. The molecule has 2 aliphatic rings. The topological polar surface area (TPSA) is 98.4 Å². The minimum absolute atomic E-state index is 0.111. The smallest absolute Gasteiger partial charge is 0.241 e. The summed E-state index contributed by atoms with van der Waals surface area (Å²) in [6, 6.07) is 14.4. The van der Waals surface area contributed by atoms with Crippen LogP contribution in [0.4, 0.5) is 0 Å². The average molecular weight is 472 g/mol. The fourth-order valence-corrected chi connectivity index (χ4v) is 6.24. The Kier molecular flexibility index (Phi) is 6.14. The third kappa shape index (κ3) is 4.72. The van der Waals surface area contributed by atoms with Gasteiger partial charge < -0.3 is 4.90 Å². The first-order chi connectivity index (χ1) is 16.5. The van der Waals surface area contributed by atoms with Crippen LogP contribution >= 0.6 is 0 Å². The first-order valence-electron chi connectivity index (χ1n) is 11.4. The molecule has 0 atom stereocenters. The molecule has 8 heteroatoms. The molecule has 3 aromatic rings. The van der Waals surface area contributed by atoms with Crippen molar-refractivity contribution in [3.63, 3.8) is 0 Å². The van der Waals surface area contributed by atoms with Gasteiger partial charge in [-0.25, -0.2) is 23.1 Å². The lowest BCUT2D eigenvalue weighted by Crippen LogP contribution is -2.39. The molecule has 1 N–H and O–H groups in total. The zero-order valence-corrected chi connectivity index (χ0v) is 19.4. The van der Waals surface area contributed by atoms with Gasteiger partial charge in [-0.2, -0.15) is 5.26 Å². The summed E-state index contributed by atoms with van der Waals surface area (Å²) >= 11 is 0. The Labute approximate surface area is 199 Å². The van der Waals surface area contributed by atoms with E-state index in [0.717, 1.165) is 43.1 Å². The highest BCUT2D eigenvalue weighted by molar-refractivity contribution is 7.89. The maximum Gasteiger partial charge on any atom is 0.241 e. The number of para-hydroxylation sites is 1. The molecular weight excluding hydrogens is 446 g/mol. The van der Waals surface area contributed by atoms with Crippen LogP contribution < -0.4 is 4.72 Å². The molecule has 7 nitrogen and oxygen atoms in total. The standard InChI is InChI=1S/C26H25N5O2S/c27-16-20-13-25-23(15-21-5-1-2-6-24(21)29-25)26(14-20)34(32,33)30-22-9-7-19(8-10-22)17-31-12-4-3-11-28-18-31/h1-6,11-15,18-19,22,30H,7-10,17H2. The first-order valence-corrected chi connectivity index (χ1v) is 12.9. The van der Waals surface area contributed by atoms with Crippen LogP contribution in [0, 0.1) is 17.2 Å². The van der Waals surface area contributed by atoms with Gasteiger partial charge in [-0.3, -0.25) is 0 Å². The maximum atomic E-state index is 13.5. The Morgan fingerprint density at radius 1 is 1.06 bits per heavy atom. The van der Waals surface area contributed by atoms with Gasteiger partial charge in [0.25, 0.3) is 0 Å². The van der Waals surface area contributed by atoms with Crippen molar-refractivity contribution in [3.05, 3.63) is 72.6 Å². The van der Waals surface area contributed by atoms with E-state index in [0.29, 0.717) is 16.8 Å². The van der Waals surface area contributed by atoms with Gasteiger partial charge in [-0.1, -0.05) is 18.2 Å². The van der Waals surface area contributed by atoms with Crippen LogP contribution in [0.3, 0.4) is 0 Å². The van der Waals surface area contributed by atoms with Gasteiger partial charge in [-0.15, -0.1) is 0 Å². The lowest BCUT2D eigenvalue weighted by Gasteiger charge is -2.31. The predicted octanol–water partition coefficient (Wildman–Crippen LogP) is 4.47. The Morgan fingerprint density at radius 2 is 1.88 bits per heavy atom. The lowest BCUT2D eigenvalue weighted by molar-refractivity contribution is 0.280. The average Bonchev–Trinajstić information content (AvgIpc) is 3.11. The number of hydrogen-bond acceptors (Lipinski definition) is 6. The number of rotatable bonds is 5. The molecular formula is C26H25N5O2S. The molecule has 0 unspecified atom stereocenters. The molecule has 34 heavy (non-hydrogen) atoms. The number of allylic oxidation sites excluding steroid dienone is 2. The number of hydrogen-bond donors (Lipinski definition) is 1. The van der Waals surface area contributed by atoms with E-state index >= 15 is 0 Å². The van der Waals surface area contributed by atoms with Crippen LogP contribution in [-0.4, -0.2) is 37.2 Å². The quantitative estimate of drug-likeness (QED) is 0.554. The molecule has 172 valence electrons. The molecule has 1 fully saturated rings. The molecule has 0 bridgehead atoms. The Morgan fingerprint density at radius 3 is 2.71 bits per heavy atom. The highest BCUT2D eigenvalue weighted by atomic mass is 32.2. The Bertz CT molecular complexity index is 1450. The molecule has 1 aromatic heterocycles. The van der Waals surface area contributed by atoms with E-state index in [2.05, 4.69) is 25.7 Å². The molecule has 0 saturated heterocycles. The van der Waals surface area contributed by atoms with Gasteiger partial charge in [0, 0.05) is 35.8 Å². The van der Waals surface area contributed by atoms with Crippen LogP contribution in [0.5, 0.6) is 0 Å². The lowest BCUT2D eigenvalue weighted by atomic mass is 9.86. The second-order valence-electron chi connectivity index (χ2n) is 8.82. The number of benzene rings is 2. The Balaban J connectivity index is 1.35. The summed E-state index contributed by atoms with van der Waals surface area (Å²) in [6.45, 7) is 0.870. The fraction of sp³-hybridized carbons (Fsp3) is 0.269. The fourth-order valence-electron chi connectivity index (χ4n) is 4.71. The van der Waals surface area contributed by atoms with Gasteiger partial charge in [0.05, 0.1) is 33.9 Å². The second-order valence-corrected chi connectivity index (χ2v) is 10.5. The van der Waals surface area contributed by atoms with Crippen molar-refractivity contribution in [3.8, 4) is 6.07 Å². The minimum Gasteiger partial charge on any atom is -0.339 e. The van der Waals surface area contributed by atoms with Crippen LogP contribution in [0.2, 0.25) is 0 Å². The van der Waals surface area contributed by atoms with Crippen molar-refractivity contribution >= 4 is 38.2 Å². The molecule has 0 spiro atoms. The zero-order valence-electron chi connectivity index (χ0n) is 18.6. The van der Waals surface area contributed by atoms with Crippen LogP contribution in [0.25, 0.3) is 21.8 Å². The molecule has 0 amide bonds. The minimum atomic E-state index is -3.83. The number of pyridine rings is 1. The monoisotopic (exact) mass is 471 g/mol. The van der Waals surface area contributed by atoms with Crippen molar-refractivity contribution in [2.45, 2.75) is 36.6 Å². The molecule has 2 heterocycles. The van der Waals surface area contributed by atoms with Gasteiger partial charge >= 0.3 is 0 Å². The third-order valence-electron chi connectivity index (χ3n) is 6.43. The largest absolute Gasteiger partial charge is 0.339 e. The molecule has 1 aliphatic heterocycles. The zero-order chi connectivity index (χ0) is 23.5. The van der Waals surface area contributed by atoms with E-state index in [1.807, 2.05) is 55.0 Å². The number of aliphatic imine (C=N–C) groups is 1. The summed E-state index contributed by atoms with van der Waals surface area (Å²) in [5.41, 5.74) is 1.55. The number of nitriles is 1. The number of fused-ring (bicyclic) bond motifs is 2. The molecule has 5 rings (SSSR count). The van der Waals surface area contributed by atoms with Crippen LogP contribution in [0.15, 0.2) is 76.9 Å². The van der Waals surface area contributed by atoms with E-state index < -0.39 is 10.0 Å². The normalized spacial score (nSPS) is 20.5. The number of sulfonamides is 1. The molecule has 2 aromatic carbocycles. The van der Waals surface area contributed by atoms with E-state index in [-0.39, 0.29) is 16.5 Å². The SMILES string of the molecule is N#Cc1cc(S(=O)(=O)NC2CCC(CN3C=CC=CN=C3)CC2)c2cc3ccccc3nc2c1. The van der Waals surface area contributed by atoms with Crippen molar-refractivity contribution in [2.24, 2.45) is 10.9 Å². The summed E-state index contributed by atoms with van der Waals surface area (Å²) in [5.74, 6) is 0.480.